The second kappa shape index (κ2) is 6.84. The van der Waals surface area contributed by atoms with Crippen molar-refractivity contribution in [3.05, 3.63) is 16.8 Å². The van der Waals surface area contributed by atoms with Crippen molar-refractivity contribution in [2.45, 2.75) is 31.8 Å². The molecule has 0 aromatic carbocycles. The van der Waals surface area contributed by atoms with Crippen LogP contribution in [0.3, 0.4) is 0 Å². The van der Waals surface area contributed by atoms with Gasteiger partial charge in [0.15, 0.2) is 0 Å². The summed E-state index contributed by atoms with van der Waals surface area (Å²) >= 11 is 1.35. The van der Waals surface area contributed by atoms with Gasteiger partial charge in [0.05, 0.1) is 7.11 Å². The summed E-state index contributed by atoms with van der Waals surface area (Å²) in [6.07, 6.45) is 2.72. The molecular weight excluding hydrogens is 308 g/mol. The van der Waals surface area contributed by atoms with E-state index in [9.17, 15) is 4.79 Å². The Labute approximate surface area is 130 Å². The van der Waals surface area contributed by atoms with Crippen LogP contribution in [0.1, 0.15) is 36.1 Å². The number of methoxy groups -OCH3 is 1. The van der Waals surface area contributed by atoms with Crippen molar-refractivity contribution < 1.29 is 18.8 Å². The number of ether oxygens (including phenoxy) is 2. The third-order valence-electron chi connectivity index (χ3n) is 3.24. The number of amides is 1. The molecule has 2 aromatic rings. The Morgan fingerprint density at radius 3 is 3.18 bits per heavy atom. The van der Waals surface area contributed by atoms with Gasteiger partial charge >= 0.3 is 0 Å². The van der Waals surface area contributed by atoms with E-state index < -0.39 is 0 Å². The quantitative estimate of drug-likeness (QED) is 0.867. The molecule has 1 unspecified atom stereocenters. The van der Waals surface area contributed by atoms with Gasteiger partial charge in [-0.15, -0.1) is 10.2 Å². The lowest BCUT2D eigenvalue weighted by Crippen LogP contribution is -2.11. The van der Waals surface area contributed by atoms with Crippen molar-refractivity contribution in [3.63, 3.8) is 0 Å². The van der Waals surface area contributed by atoms with Gasteiger partial charge in [0.25, 0.3) is 5.88 Å². The normalized spacial score (nSPS) is 17.6. The highest BCUT2D eigenvalue weighted by Crippen LogP contribution is 2.31. The summed E-state index contributed by atoms with van der Waals surface area (Å²) in [4.78, 5) is 11.9. The SMILES string of the molecule is COc1cc(CCC(=O)Nc2nnc(C3CCCO3)s2)on1. The number of hydrogen-bond acceptors (Lipinski definition) is 8. The van der Waals surface area contributed by atoms with Gasteiger partial charge in [0.2, 0.25) is 11.0 Å². The zero-order chi connectivity index (χ0) is 15.4. The van der Waals surface area contributed by atoms with E-state index in [1.165, 1.54) is 18.4 Å². The van der Waals surface area contributed by atoms with Crippen LogP contribution in [0.5, 0.6) is 5.88 Å². The fourth-order valence-electron chi connectivity index (χ4n) is 2.11. The molecule has 0 spiro atoms. The van der Waals surface area contributed by atoms with Gasteiger partial charge in [-0.1, -0.05) is 11.3 Å². The van der Waals surface area contributed by atoms with E-state index in [1.807, 2.05) is 0 Å². The number of aryl methyl sites for hydroxylation is 1. The smallest absolute Gasteiger partial charge is 0.254 e. The number of aromatic nitrogens is 3. The van der Waals surface area contributed by atoms with E-state index in [4.69, 9.17) is 14.0 Å². The molecule has 1 N–H and O–H groups in total. The van der Waals surface area contributed by atoms with Gasteiger partial charge in [-0.05, 0) is 18.0 Å². The molecule has 22 heavy (non-hydrogen) atoms. The highest BCUT2D eigenvalue weighted by Gasteiger charge is 2.22. The molecular formula is C13H16N4O4S. The predicted molar refractivity (Wildman–Crippen MR) is 77.8 cm³/mol. The fourth-order valence-corrected chi connectivity index (χ4v) is 2.96. The zero-order valence-electron chi connectivity index (χ0n) is 12.1. The first-order valence-electron chi connectivity index (χ1n) is 6.99. The number of nitrogens with zero attached hydrogens (tertiary/aromatic N) is 3. The van der Waals surface area contributed by atoms with Crippen LogP contribution in [0.25, 0.3) is 0 Å². The predicted octanol–water partition coefficient (Wildman–Crippen LogP) is 1.96. The van der Waals surface area contributed by atoms with Crippen LogP contribution in [0.4, 0.5) is 5.13 Å². The topological polar surface area (TPSA) is 99.4 Å². The lowest BCUT2D eigenvalue weighted by Gasteiger charge is -2.02. The number of anilines is 1. The molecule has 118 valence electrons. The van der Waals surface area contributed by atoms with Crippen molar-refractivity contribution >= 4 is 22.4 Å². The lowest BCUT2D eigenvalue weighted by molar-refractivity contribution is -0.116. The summed E-state index contributed by atoms with van der Waals surface area (Å²) in [7, 11) is 1.51. The van der Waals surface area contributed by atoms with Crippen LogP contribution in [-0.2, 0) is 16.0 Å². The third-order valence-corrected chi connectivity index (χ3v) is 4.17. The second-order valence-electron chi connectivity index (χ2n) is 4.83. The highest BCUT2D eigenvalue weighted by molar-refractivity contribution is 7.15. The Morgan fingerprint density at radius 2 is 2.45 bits per heavy atom. The average Bonchev–Trinajstić information content (AvgIpc) is 3.25. The minimum Gasteiger partial charge on any atom is -0.479 e. The van der Waals surface area contributed by atoms with Crippen molar-refractivity contribution in [2.24, 2.45) is 0 Å². The number of nitrogens with one attached hydrogen (secondary N) is 1. The number of carbonyl (C=O) groups excluding carboxylic acids is 1. The van der Waals surface area contributed by atoms with Gasteiger partial charge in [0.1, 0.15) is 16.9 Å². The zero-order valence-corrected chi connectivity index (χ0v) is 12.9. The number of rotatable bonds is 6. The van der Waals surface area contributed by atoms with E-state index in [2.05, 4.69) is 20.7 Å². The molecule has 1 aliphatic rings. The van der Waals surface area contributed by atoms with E-state index in [0.717, 1.165) is 24.5 Å². The molecule has 1 amide bonds. The molecule has 0 saturated carbocycles. The molecule has 3 heterocycles. The molecule has 1 aliphatic heterocycles. The summed E-state index contributed by atoms with van der Waals surface area (Å²) < 4.78 is 15.5. The van der Waals surface area contributed by atoms with Gasteiger partial charge in [0, 0.05) is 25.5 Å². The van der Waals surface area contributed by atoms with Crippen LogP contribution in [0, 0.1) is 0 Å². The molecule has 9 heteroatoms. The summed E-state index contributed by atoms with van der Waals surface area (Å²) in [6.45, 7) is 0.757. The van der Waals surface area contributed by atoms with Gasteiger partial charge in [-0.2, -0.15) is 0 Å². The minimum atomic E-state index is -0.148. The van der Waals surface area contributed by atoms with Crippen molar-refractivity contribution in [1.82, 2.24) is 15.4 Å². The van der Waals surface area contributed by atoms with E-state index >= 15 is 0 Å². The molecule has 0 radical (unpaired) electrons. The van der Waals surface area contributed by atoms with E-state index in [-0.39, 0.29) is 18.4 Å². The molecule has 2 aromatic heterocycles. The monoisotopic (exact) mass is 324 g/mol. The first-order valence-corrected chi connectivity index (χ1v) is 7.80. The summed E-state index contributed by atoms with van der Waals surface area (Å²) in [5, 5.41) is 15.8. The van der Waals surface area contributed by atoms with Gasteiger partial charge < -0.3 is 19.3 Å². The first kappa shape index (κ1) is 14.9. The summed E-state index contributed by atoms with van der Waals surface area (Å²) in [5.74, 6) is 0.857. The second-order valence-corrected chi connectivity index (χ2v) is 5.84. The van der Waals surface area contributed by atoms with Crippen LogP contribution < -0.4 is 10.1 Å². The maximum atomic E-state index is 11.9. The van der Waals surface area contributed by atoms with Crippen LogP contribution >= 0.6 is 11.3 Å². The molecule has 0 aliphatic carbocycles. The Hall–Kier alpha value is -2.00. The maximum Gasteiger partial charge on any atom is 0.254 e. The van der Waals surface area contributed by atoms with Crippen molar-refractivity contribution in [1.29, 1.82) is 0 Å². The largest absolute Gasteiger partial charge is 0.479 e. The molecule has 1 atom stereocenters. The minimum absolute atomic E-state index is 0.0183. The average molecular weight is 324 g/mol. The van der Waals surface area contributed by atoms with Gasteiger partial charge in [-0.3, -0.25) is 4.79 Å². The molecule has 8 nitrogen and oxygen atoms in total. The third kappa shape index (κ3) is 3.60. The van der Waals surface area contributed by atoms with Crippen LogP contribution in [0.15, 0.2) is 10.6 Å². The van der Waals surface area contributed by atoms with Crippen molar-refractivity contribution in [2.75, 3.05) is 19.0 Å². The Balaban J connectivity index is 1.49. The standard InChI is InChI=1S/C13H16N4O4S/c1-19-11-7-8(21-17-11)4-5-10(18)14-13-16-15-12(22-13)9-3-2-6-20-9/h7,9H,2-6H2,1H3,(H,14,16,18). The first-order chi connectivity index (χ1) is 10.7. The van der Waals surface area contributed by atoms with Crippen LogP contribution in [-0.4, -0.2) is 35.0 Å². The van der Waals surface area contributed by atoms with E-state index in [0.29, 0.717) is 23.2 Å². The molecule has 3 rings (SSSR count). The molecule has 0 bridgehead atoms. The van der Waals surface area contributed by atoms with Crippen LogP contribution in [0.2, 0.25) is 0 Å². The Morgan fingerprint density at radius 1 is 1.55 bits per heavy atom. The maximum absolute atomic E-state index is 11.9. The summed E-state index contributed by atoms with van der Waals surface area (Å²) in [6, 6.07) is 1.66. The molecule has 1 fully saturated rings. The Bertz CT molecular complexity index is 636. The number of carbonyl (C=O) groups is 1. The molecule has 1 saturated heterocycles. The van der Waals surface area contributed by atoms with Gasteiger partial charge in [-0.25, -0.2) is 0 Å². The van der Waals surface area contributed by atoms with Crippen molar-refractivity contribution in [3.8, 4) is 5.88 Å². The van der Waals surface area contributed by atoms with E-state index in [1.54, 1.807) is 6.07 Å². The number of hydrogen-bond donors (Lipinski definition) is 1. The Kier molecular flexibility index (Phi) is 4.64. The highest BCUT2D eigenvalue weighted by atomic mass is 32.1. The summed E-state index contributed by atoms with van der Waals surface area (Å²) in [5.41, 5.74) is 0. The fraction of sp³-hybridized carbons (Fsp3) is 0.538. The lowest BCUT2D eigenvalue weighted by atomic mass is 10.2.